The van der Waals surface area contributed by atoms with E-state index in [2.05, 4.69) is 20.3 Å². The molecule has 4 amide bonds. The predicted molar refractivity (Wildman–Crippen MR) is 242 cm³/mol. The maximum atomic E-state index is 15.0. The summed E-state index contributed by atoms with van der Waals surface area (Å²) in [6, 6.07) is 11.5. The topological polar surface area (TPSA) is 195 Å². The van der Waals surface area contributed by atoms with Crippen LogP contribution < -0.4 is 24.8 Å². The van der Waals surface area contributed by atoms with E-state index in [0.717, 1.165) is 5.56 Å². The number of amides is 4. The van der Waals surface area contributed by atoms with E-state index < -0.39 is 85.9 Å². The lowest BCUT2D eigenvalue weighted by atomic mass is 9.88. The number of halogens is 3. The molecule has 7 rings (SSSR count). The molecule has 67 heavy (non-hydrogen) atoms. The zero-order valence-corrected chi connectivity index (χ0v) is 39.5. The molecule has 7 atom stereocenters. The SMILES string of the molecule is CC1CCC=CC2CC2(C(=O)NS(=O)(=O)C2(C)CC2)NC(=O)C2CC(Oc3cc(-c4ccc(OC(C)C)cc4)nc(-c4cccnc4)c3)CN2C(=O)C(NC(=O)OC(C)(C)C(F)(F)F)C(C)C1. The summed E-state index contributed by atoms with van der Waals surface area (Å²) in [7, 11) is -4.11. The van der Waals surface area contributed by atoms with E-state index in [9.17, 15) is 36.0 Å². The number of ether oxygens (including phenoxy) is 3. The fraction of sp³-hybridized carbons (Fsp3) is 0.542. The monoisotopic (exact) mass is 952 g/mol. The predicted octanol–water partition coefficient (Wildman–Crippen LogP) is 7.27. The van der Waals surface area contributed by atoms with Crippen molar-refractivity contribution in [2.75, 3.05) is 6.54 Å². The smallest absolute Gasteiger partial charge is 0.427 e. The van der Waals surface area contributed by atoms with Crippen molar-refractivity contribution in [2.45, 2.75) is 140 Å². The molecule has 3 aromatic rings. The van der Waals surface area contributed by atoms with E-state index in [1.807, 2.05) is 57.2 Å². The highest BCUT2D eigenvalue weighted by Gasteiger charge is 2.63. The van der Waals surface area contributed by atoms with Crippen molar-refractivity contribution in [1.82, 2.24) is 30.2 Å². The molecule has 0 spiro atoms. The number of alkyl halides is 3. The number of hydrogen-bond donors (Lipinski definition) is 3. The van der Waals surface area contributed by atoms with Gasteiger partial charge in [-0.15, -0.1) is 0 Å². The first-order chi connectivity index (χ1) is 31.4. The number of fused-ring (bicyclic) bond motifs is 2. The molecule has 0 bridgehead atoms. The van der Waals surface area contributed by atoms with Gasteiger partial charge in [-0.2, -0.15) is 13.2 Å². The lowest BCUT2D eigenvalue weighted by molar-refractivity contribution is -0.244. The number of nitrogens with zero attached hydrogens (tertiary/aromatic N) is 3. The third-order valence-electron chi connectivity index (χ3n) is 13.1. The Hall–Kier alpha value is -5.72. The molecule has 2 saturated carbocycles. The van der Waals surface area contributed by atoms with Crippen molar-refractivity contribution < 1.29 is 55.0 Å². The molecule has 4 aliphatic rings. The molecule has 2 aliphatic heterocycles. The molecular weight excluding hydrogens is 894 g/mol. The number of rotatable bonds is 11. The van der Waals surface area contributed by atoms with E-state index in [0.29, 0.717) is 74.4 Å². The highest BCUT2D eigenvalue weighted by Crippen LogP contribution is 2.48. The Morgan fingerprint density at radius 3 is 2.30 bits per heavy atom. The number of allylic oxidation sites excluding steroid dienone is 1. The van der Waals surface area contributed by atoms with Gasteiger partial charge in [0.15, 0.2) is 0 Å². The molecule has 362 valence electrons. The van der Waals surface area contributed by atoms with Gasteiger partial charge in [0.25, 0.3) is 5.91 Å². The number of alkyl carbamates (subject to hydrolysis) is 1. The number of carbonyl (C=O) groups excluding carboxylic acids is 4. The van der Waals surface area contributed by atoms with E-state index in [1.54, 1.807) is 43.6 Å². The van der Waals surface area contributed by atoms with Gasteiger partial charge < -0.3 is 29.7 Å². The molecule has 2 aromatic heterocycles. The summed E-state index contributed by atoms with van der Waals surface area (Å²) in [6.45, 7) is 10.2. The number of pyridine rings is 2. The van der Waals surface area contributed by atoms with Gasteiger partial charge in [-0.3, -0.25) is 24.1 Å². The van der Waals surface area contributed by atoms with Gasteiger partial charge in [0, 0.05) is 48.0 Å². The summed E-state index contributed by atoms with van der Waals surface area (Å²) in [5.41, 5.74) is -2.13. The van der Waals surface area contributed by atoms with Crippen LogP contribution in [0.3, 0.4) is 0 Å². The number of nitrogens with one attached hydrogen (secondary N) is 3. The fourth-order valence-corrected chi connectivity index (χ4v) is 9.91. The van der Waals surface area contributed by atoms with Crippen molar-refractivity contribution in [2.24, 2.45) is 17.8 Å². The Labute approximate surface area is 389 Å². The highest BCUT2D eigenvalue weighted by atomic mass is 32.2. The summed E-state index contributed by atoms with van der Waals surface area (Å²) in [5, 5.41) is 5.24. The minimum atomic E-state index is -4.93. The van der Waals surface area contributed by atoms with Crippen molar-refractivity contribution >= 4 is 33.8 Å². The van der Waals surface area contributed by atoms with Gasteiger partial charge >= 0.3 is 12.3 Å². The Morgan fingerprint density at radius 1 is 0.985 bits per heavy atom. The maximum absolute atomic E-state index is 15.0. The Balaban J connectivity index is 1.25. The number of aromatic nitrogens is 2. The van der Waals surface area contributed by atoms with Crippen LogP contribution in [0.1, 0.15) is 93.4 Å². The lowest BCUT2D eigenvalue weighted by Gasteiger charge is -2.34. The number of hydrogen-bond acceptors (Lipinski definition) is 11. The van der Waals surface area contributed by atoms with Gasteiger partial charge in [0.1, 0.15) is 35.2 Å². The standard InChI is InChI=1S/C48H59F3N6O9S/c1-28(2)64-34-16-14-31(15-17-34)37-22-35(23-38(53-37)32-12-10-20-52-26-32)65-36-24-39-41(58)55-47(43(60)56-67(62,63)46(7)18-19-46)25-33(47)13-9-8-11-29(3)21-30(4)40(42(59)57(39)27-36)54-44(61)66-45(5,6)48(49,50)51/h9-10,12-17,20,22-23,26,28-30,33,36,39-40H,8,11,18-19,21,24-25,27H2,1-7H3,(H,54,61)(H,55,58)(H,56,60). The summed E-state index contributed by atoms with van der Waals surface area (Å²) in [5.74, 6) is -2.77. The largest absolute Gasteiger partial charge is 0.491 e. The third-order valence-corrected chi connectivity index (χ3v) is 15.3. The van der Waals surface area contributed by atoms with Crippen LogP contribution in [0.2, 0.25) is 0 Å². The average Bonchev–Trinajstić information content (AvgIpc) is 4.14. The molecule has 0 radical (unpaired) electrons. The summed E-state index contributed by atoms with van der Waals surface area (Å²) in [4.78, 5) is 67.5. The van der Waals surface area contributed by atoms with Crippen LogP contribution >= 0.6 is 0 Å². The number of sulfonamides is 1. The molecule has 7 unspecified atom stereocenters. The lowest BCUT2D eigenvalue weighted by Crippen LogP contribution is -2.59. The molecule has 3 N–H and O–H groups in total. The van der Waals surface area contributed by atoms with Crippen molar-refractivity contribution in [3.05, 3.63) is 73.1 Å². The average molecular weight is 953 g/mol. The zero-order chi connectivity index (χ0) is 48.7. The normalized spacial score (nSPS) is 26.5. The summed E-state index contributed by atoms with van der Waals surface area (Å²) in [6.07, 6.45) is 1.77. The first-order valence-corrected chi connectivity index (χ1v) is 24.2. The second kappa shape index (κ2) is 18.8. The molecule has 1 saturated heterocycles. The van der Waals surface area contributed by atoms with Crippen LogP contribution in [-0.2, 0) is 29.1 Å². The second-order valence-corrected chi connectivity index (χ2v) is 21.7. The molecular formula is C48H59F3N6O9S. The van der Waals surface area contributed by atoms with E-state index in [-0.39, 0.29) is 31.4 Å². The van der Waals surface area contributed by atoms with Crippen LogP contribution in [-0.4, -0.2) is 100 Å². The van der Waals surface area contributed by atoms with E-state index in [4.69, 9.17) is 19.2 Å². The first-order valence-electron chi connectivity index (χ1n) is 22.7. The fourth-order valence-electron chi connectivity index (χ4n) is 8.60. The van der Waals surface area contributed by atoms with E-state index in [1.165, 1.54) is 11.8 Å². The first kappa shape index (κ1) is 49.2. The molecule has 15 nitrogen and oxygen atoms in total. The molecule has 2 aliphatic carbocycles. The summed E-state index contributed by atoms with van der Waals surface area (Å²) < 4.78 is 86.7. The van der Waals surface area contributed by atoms with Crippen LogP contribution in [0, 0.1) is 17.8 Å². The van der Waals surface area contributed by atoms with Gasteiger partial charge in [-0.25, -0.2) is 18.2 Å². The zero-order valence-electron chi connectivity index (χ0n) is 38.7. The molecule has 19 heteroatoms. The van der Waals surface area contributed by atoms with Crippen LogP contribution in [0.25, 0.3) is 22.5 Å². The van der Waals surface area contributed by atoms with Crippen LogP contribution in [0.15, 0.2) is 73.1 Å². The van der Waals surface area contributed by atoms with Crippen molar-refractivity contribution in [3.63, 3.8) is 0 Å². The van der Waals surface area contributed by atoms with Gasteiger partial charge in [-0.05, 0) is 121 Å². The summed E-state index contributed by atoms with van der Waals surface area (Å²) >= 11 is 0. The highest BCUT2D eigenvalue weighted by molar-refractivity contribution is 7.91. The van der Waals surface area contributed by atoms with Gasteiger partial charge in [-0.1, -0.05) is 26.0 Å². The van der Waals surface area contributed by atoms with E-state index >= 15 is 4.79 Å². The van der Waals surface area contributed by atoms with Gasteiger partial charge in [0.2, 0.25) is 27.4 Å². The Morgan fingerprint density at radius 2 is 1.67 bits per heavy atom. The maximum Gasteiger partial charge on any atom is 0.427 e. The molecule has 4 heterocycles. The quantitative estimate of drug-likeness (QED) is 0.164. The minimum Gasteiger partial charge on any atom is -0.491 e. The molecule has 1 aromatic carbocycles. The Kier molecular flexibility index (Phi) is 13.8. The Bertz CT molecular complexity index is 2480. The second-order valence-electron chi connectivity index (χ2n) is 19.5. The third kappa shape index (κ3) is 11.0. The van der Waals surface area contributed by atoms with Crippen molar-refractivity contribution in [1.29, 1.82) is 0 Å². The van der Waals surface area contributed by atoms with Crippen molar-refractivity contribution in [3.8, 4) is 34.0 Å². The van der Waals surface area contributed by atoms with Crippen LogP contribution in [0.5, 0.6) is 11.5 Å². The molecule has 3 fully saturated rings. The number of carbonyl (C=O) groups is 4. The minimum absolute atomic E-state index is 0.0436. The van der Waals surface area contributed by atoms with Crippen LogP contribution in [0.4, 0.5) is 18.0 Å². The number of benzene rings is 1. The van der Waals surface area contributed by atoms with Gasteiger partial charge in [0.05, 0.1) is 28.8 Å².